The lowest BCUT2D eigenvalue weighted by Crippen LogP contribution is -1.99. The van der Waals surface area contributed by atoms with Crippen LogP contribution in [-0.4, -0.2) is 16.1 Å². The number of nitrogens with zero attached hydrogens (tertiary/aromatic N) is 2. The van der Waals surface area contributed by atoms with Crippen LogP contribution in [-0.2, 0) is 6.42 Å². The molecule has 0 saturated heterocycles. The van der Waals surface area contributed by atoms with Gasteiger partial charge in [-0.25, -0.2) is 4.98 Å². The summed E-state index contributed by atoms with van der Waals surface area (Å²) in [6, 6.07) is 7.38. The van der Waals surface area contributed by atoms with Gasteiger partial charge in [0.1, 0.15) is 5.52 Å². The van der Waals surface area contributed by atoms with Crippen molar-refractivity contribution in [2.75, 3.05) is 5.33 Å². The van der Waals surface area contributed by atoms with Crippen LogP contribution in [0.4, 0.5) is 0 Å². The lowest BCUT2D eigenvalue weighted by molar-refractivity contribution is 0.0989. The zero-order chi connectivity index (χ0) is 11.5. The van der Waals surface area contributed by atoms with Gasteiger partial charge in [0.25, 0.3) is 5.89 Å². The molecule has 2 aromatic rings. The summed E-state index contributed by atoms with van der Waals surface area (Å²) in [5, 5.41) is 8.83. The lowest BCUT2D eigenvalue weighted by atomic mass is 10.1. The van der Waals surface area contributed by atoms with E-state index in [0.717, 1.165) is 5.56 Å². The van der Waals surface area contributed by atoms with Crippen molar-refractivity contribution >= 4 is 32.8 Å². The number of benzene rings is 1. The van der Waals surface area contributed by atoms with Crippen LogP contribution >= 0.6 is 15.9 Å². The third-order valence-corrected chi connectivity index (χ3v) is 2.64. The highest BCUT2D eigenvalue weighted by Crippen LogP contribution is 2.20. The molecule has 0 aliphatic carbocycles. The van der Waals surface area contributed by atoms with Gasteiger partial charge in [-0.1, -0.05) is 28.1 Å². The Bertz CT molecular complexity index is 583. The van der Waals surface area contributed by atoms with E-state index in [0.29, 0.717) is 11.1 Å². The molecule has 80 valence electrons. The van der Waals surface area contributed by atoms with E-state index in [1.54, 1.807) is 18.2 Å². The fourth-order valence-electron chi connectivity index (χ4n) is 1.41. The Hall–Kier alpha value is -1.67. The molecule has 2 rings (SSSR count). The second-order valence-corrected chi connectivity index (χ2v) is 3.74. The van der Waals surface area contributed by atoms with Crippen LogP contribution in [0.25, 0.3) is 11.1 Å². The molecular formula is C11H7BrN2O2. The van der Waals surface area contributed by atoms with Crippen molar-refractivity contribution in [3.63, 3.8) is 0 Å². The molecule has 0 aliphatic rings. The van der Waals surface area contributed by atoms with Gasteiger partial charge in [-0.2, -0.15) is 5.26 Å². The molecule has 0 saturated carbocycles. The van der Waals surface area contributed by atoms with Gasteiger partial charge in [-0.3, -0.25) is 4.79 Å². The van der Waals surface area contributed by atoms with Gasteiger partial charge in [-0.15, -0.1) is 0 Å². The SMILES string of the molecule is N#CCc1cccc2nc(C(=O)CBr)oc12. The molecule has 0 atom stereocenters. The number of carbonyl (C=O) groups is 1. The Balaban J connectivity index is 2.57. The maximum atomic E-state index is 11.4. The average molecular weight is 279 g/mol. The molecular weight excluding hydrogens is 272 g/mol. The summed E-state index contributed by atoms with van der Waals surface area (Å²) in [7, 11) is 0. The van der Waals surface area contributed by atoms with Gasteiger partial charge < -0.3 is 4.42 Å². The minimum atomic E-state index is -0.209. The maximum absolute atomic E-state index is 11.4. The molecule has 4 nitrogen and oxygen atoms in total. The van der Waals surface area contributed by atoms with Crippen molar-refractivity contribution in [1.82, 2.24) is 4.98 Å². The summed E-state index contributed by atoms with van der Waals surface area (Å²) in [5.41, 5.74) is 1.88. The van der Waals surface area contributed by atoms with Gasteiger partial charge in [0.2, 0.25) is 5.78 Å². The van der Waals surface area contributed by atoms with Crippen molar-refractivity contribution in [1.29, 1.82) is 5.26 Å². The summed E-state index contributed by atoms with van der Waals surface area (Å²) in [5.74, 6) is -0.128. The molecule has 0 fully saturated rings. The van der Waals surface area contributed by atoms with Gasteiger partial charge in [0, 0.05) is 5.56 Å². The number of alkyl halides is 1. The van der Waals surface area contributed by atoms with E-state index < -0.39 is 0 Å². The Labute approximate surface area is 100 Å². The molecule has 0 radical (unpaired) electrons. The third kappa shape index (κ3) is 1.84. The molecule has 0 bridgehead atoms. The first-order chi connectivity index (χ1) is 7.76. The number of nitriles is 1. The van der Waals surface area contributed by atoms with Crippen LogP contribution in [0, 0.1) is 11.3 Å². The summed E-state index contributed by atoms with van der Waals surface area (Å²) in [6.07, 6.45) is 0.245. The number of aromatic nitrogens is 1. The van der Waals surface area contributed by atoms with Crippen molar-refractivity contribution in [3.8, 4) is 6.07 Å². The molecule has 0 aliphatic heterocycles. The minimum absolute atomic E-state index is 0.0808. The Morgan fingerprint density at radius 1 is 1.56 bits per heavy atom. The molecule has 1 aromatic heterocycles. The predicted molar refractivity (Wildman–Crippen MR) is 61.5 cm³/mol. The fraction of sp³-hybridized carbons (Fsp3) is 0.182. The van der Waals surface area contributed by atoms with Crippen LogP contribution in [0.1, 0.15) is 16.2 Å². The van der Waals surface area contributed by atoms with Crippen LogP contribution in [0.5, 0.6) is 0 Å². The smallest absolute Gasteiger partial charge is 0.265 e. The Morgan fingerprint density at radius 2 is 2.38 bits per heavy atom. The average Bonchev–Trinajstić information content (AvgIpc) is 2.73. The zero-order valence-electron chi connectivity index (χ0n) is 8.24. The van der Waals surface area contributed by atoms with E-state index in [9.17, 15) is 4.79 Å². The number of hydrogen-bond acceptors (Lipinski definition) is 4. The van der Waals surface area contributed by atoms with E-state index in [-0.39, 0.29) is 23.4 Å². The normalized spacial score (nSPS) is 10.2. The van der Waals surface area contributed by atoms with E-state index in [2.05, 4.69) is 20.9 Å². The van der Waals surface area contributed by atoms with E-state index >= 15 is 0 Å². The van der Waals surface area contributed by atoms with Crippen LogP contribution in [0.2, 0.25) is 0 Å². The van der Waals surface area contributed by atoms with Crippen molar-refractivity contribution in [3.05, 3.63) is 29.7 Å². The van der Waals surface area contributed by atoms with Crippen molar-refractivity contribution in [2.24, 2.45) is 0 Å². The third-order valence-electron chi connectivity index (χ3n) is 2.13. The second kappa shape index (κ2) is 4.45. The number of halogens is 1. The zero-order valence-corrected chi connectivity index (χ0v) is 9.82. The topological polar surface area (TPSA) is 66.9 Å². The molecule has 1 heterocycles. The highest BCUT2D eigenvalue weighted by molar-refractivity contribution is 9.09. The first-order valence-corrected chi connectivity index (χ1v) is 5.73. The first kappa shape index (κ1) is 10.8. The minimum Gasteiger partial charge on any atom is -0.433 e. The fourth-order valence-corrected chi connectivity index (χ4v) is 1.65. The molecule has 0 amide bonds. The highest BCUT2D eigenvalue weighted by atomic mass is 79.9. The van der Waals surface area contributed by atoms with Crippen molar-refractivity contribution < 1.29 is 9.21 Å². The van der Waals surface area contributed by atoms with Crippen molar-refractivity contribution in [2.45, 2.75) is 6.42 Å². The molecule has 5 heteroatoms. The number of rotatable bonds is 3. The van der Waals surface area contributed by atoms with Crippen LogP contribution in [0.3, 0.4) is 0 Å². The Kier molecular flexibility index (Phi) is 3.02. The monoisotopic (exact) mass is 278 g/mol. The number of hydrogen-bond donors (Lipinski definition) is 0. The number of oxazole rings is 1. The quantitative estimate of drug-likeness (QED) is 0.639. The summed E-state index contributed by atoms with van der Waals surface area (Å²) >= 11 is 3.06. The van der Waals surface area contributed by atoms with Crippen LogP contribution in [0.15, 0.2) is 22.6 Å². The molecule has 1 aromatic carbocycles. The largest absolute Gasteiger partial charge is 0.433 e. The standard InChI is InChI=1S/C11H7BrN2O2/c12-6-9(15)11-14-8-3-1-2-7(4-5-13)10(8)16-11/h1-3H,4,6H2. The predicted octanol–water partition coefficient (Wildman–Crippen LogP) is 2.47. The number of Topliss-reactive ketones (excluding diaryl/α,β-unsaturated/α-hetero) is 1. The summed E-state index contributed by atoms with van der Waals surface area (Å²) < 4.78 is 5.36. The van der Waals surface area contributed by atoms with Gasteiger partial charge >= 0.3 is 0 Å². The summed E-state index contributed by atoms with van der Waals surface area (Å²) in [6.45, 7) is 0. The Morgan fingerprint density at radius 3 is 3.06 bits per heavy atom. The van der Waals surface area contributed by atoms with Gasteiger partial charge in [0.15, 0.2) is 5.58 Å². The van der Waals surface area contributed by atoms with E-state index in [1.165, 1.54) is 0 Å². The number of para-hydroxylation sites is 1. The van der Waals surface area contributed by atoms with Gasteiger partial charge in [-0.05, 0) is 6.07 Å². The highest BCUT2D eigenvalue weighted by Gasteiger charge is 2.14. The molecule has 0 unspecified atom stereocenters. The number of ketones is 1. The molecule has 0 N–H and O–H groups in total. The lowest BCUT2D eigenvalue weighted by Gasteiger charge is -1.93. The maximum Gasteiger partial charge on any atom is 0.265 e. The summed E-state index contributed by atoms with van der Waals surface area (Å²) in [4.78, 5) is 15.5. The molecule has 16 heavy (non-hydrogen) atoms. The van der Waals surface area contributed by atoms with E-state index in [1.807, 2.05) is 6.07 Å². The number of carbonyl (C=O) groups excluding carboxylic acids is 1. The first-order valence-electron chi connectivity index (χ1n) is 4.61. The van der Waals surface area contributed by atoms with Crippen LogP contribution < -0.4 is 0 Å². The second-order valence-electron chi connectivity index (χ2n) is 3.18. The molecule has 0 spiro atoms. The van der Waals surface area contributed by atoms with Gasteiger partial charge in [0.05, 0.1) is 17.8 Å². The van der Waals surface area contributed by atoms with E-state index in [4.69, 9.17) is 9.68 Å². The number of fused-ring (bicyclic) bond motifs is 1.